The molecule has 4 aliphatic carbocycles. The molecule has 2 fully saturated rings. The fraction of sp³-hybridized carbons (Fsp3) is 0.429. The van der Waals surface area contributed by atoms with E-state index >= 15 is 0 Å². The minimum Gasteiger partial charge on any atom is -0.380 e. The van der Waals surface area contributed by atoms with Gasteiger partial charge in [0.1, 0.15) is 11.6 Å². The van der Waals surface area contributed by atoms with Crippen molar-refractivity contribution in [2.45, 2.75) is 111 Å². The van der Waals surface area contributed by atoms with E-state index in [4.69, 9.17) is 4.74 Å². The largest absolute Gasteiger partial charge is 0.417 e. The van der Waals surface area contributed by atoms with Crippen LogP contribution in [0.5, 0.6) is 0 Å². The summed E-state index contributed by atoms with van der Waals surface area (Å²) in [6.07, 6.45) is -3.65. The molecule has 4 aliphatic rings. The molecule has 6 atom stereocenters. The summed E-state index contributed by atoms with van der Waals surface area (Å²) >= 11 is 0. The molecule has 16 heteroatoms. The van der Waals surface area contributed by atoms with E-state index in [1.807, 2.05) is 24.3 Å². The van der Waals surface area contributed by atoms with Crippen LogP contribution in [0.2, 0.25) is 0 Å². The van der Waals surface area contributed by atoms with Gasteiger partial charge in [0.2, 0.25) is 0 Å². The normalized spacial score (nSPS) is 27.7. The first-order valence-electron chi connectivity index (χ1n) is 21.7. The van der Waals surface area contributed by atoms with Gasteiger partial charge in [-0.2, -0.15) is 47.1 Å². The van der Waals surface area contributed by atoms with E-state index in [1.165, 1.54) is 24.3 Å². The average molecular weight is 901 g/mol. The van der Waals surface area contributed by atoms with Crippen LogP contribution in [0.3, 0.4) is 0 Å². The smallest absolute Gasteiger partial charge is 0.380 e. The van der Waals surface area contributed by atoms with Gasteiger partial charge in [-0.05, 0) is 184 Å². The van der Waals surface area contributed by atoms with Crippen molar-refractivity contribution in [2.24, 2.45) is 11.8 Å². The van der Waals surface area contributed by atoms with Crippen molar-refractivity contribution in [3.8, 4) is 23.5 Å². The highest BCUT2D eigenvalue weighted by atomic mass is 19.4. The number of aryl methyl sites for hydroxylation is 2. The van der Waals surface area contributed by atoms with Crippen molar-refractivity contribution in [3.05, 3.63) is 119 Å². The maximum Gasteiger partial charge on any atom is 0.417 e. The third-order valence-corrected chi connectivity index (χ3v) is 14.9. The second-order valence-corrected chi connectivity index (χ2v) is 18.2. The number of benzene rings is 4. The topological polar surface area (TPSA) is 113 Å². The molecule has 8 nitrogen and oxygen atoms in total. The van der Waals surface area contributed by atoms with E-state index in [2.05, 4.69) is 22.3 Å². The number of nitriles is 2. The van der Waals surface area contributed by atoms with Crippen LogP contribution in [0, 0.1) is 46.1 Å². The lowest BCUT2D eigenvalue weighted by atomic mass is 9.58. The second kappa shape index (κ2) is 15.9. The SMILES string of the molecule is CO[C@]1(C(F)(F)F)CC[C@@]2(C#N)c3cc4cnn(-c5ccc(F)cc5)c4cc3CCC[C@@H]2C1.N#C[C@@]12CC[C@](O)(C(F)(F)F)C[C@H]1CCCc1cc3c(cnn3-c3ccc(F)cc3)cc12. The van der Waals surface area contributed by atoms with Crippen molar-refractivity contribution in [1.82, 2.24) is 19.6 Å². The first-order chi connectivity index (χ1) is 30.9. The zero-order valence-corrected chi connectivity index (χ0v) is 35.3. The lowest BCUT2D eigenvalue weighted by molar-refractivity contribution is -0.287. The number of nitrogens with zero attached hydrogens (tertiary/aromatic N) is 6. The van der Waals surface area contributed by atoms with Crippen LogP contribution >= 0.6 is 0 Å². The summed E-state index contributed by atoms with van der Waals surface area (Å²) in [6.45, 7) is 0. The van der Waals surface area contributed by atoms with Crippen molar-refractivity contribution in [1.29, 1.82) is 10.5 Å². The summed E-state index contributed by atoms with van der Waals surface area (Å²) in [6, 6.07) is 24.5. The molecule has 2 heterocycles. The predicted molar refractivity (Wildman–Crippen MR) is 224 cm³/mol. The molecule has 0 radical (unpaired) electrons. The zero-order chi connectivity index (χ0) is 46.2. The fourth-order valence-electron chi connectivity index (χ4n) is 11.3. The zero-order valence-electron chi connectivity index (χ0n) is 35.3. The van der Waals surface area contributed by atoms with Gasteiger partial charge in [0.15, 0.2) is 11.2 Å². The number of methoxy groups -OCH3 is 1. The lowest BCUT2D eigenvalue weighted by Gasteiger charge is -2.48. The summed E-state index contributed by atoms with van der Waals surface area (Å²) < 4.78 is 118. The third-order valence-electron chi connectivity index (χ3n) is 14.9. The average Bonchev–Trinajstić information content (AvgIpc) is 3.81. The third kappa shape index (κ3) is 7.24. The Morgan fingerprint density at radius 3 is 1.51 bits per heavy atom. The van der Waals surface area contributed by atoms with Gasteiger partial charge >= 0.3 is 12.4 Å². The molecular formula is C49H44F8N6O2. The van der Waals surface area contributed by atoms with Crippen molar-refractivity contribution < 1.29 is 45.0 Å². The quantitative estimate of drug-likeness (QED) is 0.177. The van der Waals surface area contributed by atoms with Crippen LogP contribution in [0.25, 0.3) is 33.2 Å². The molecule has 0 bridgehead atoms. The van der Waals surface area contributed by atoms with Crippen molar-refractivity contribution in [2.75, 3.05) is 7.11 Å². The van der Waals surface area contributed by atoms with Gasteiger partial charge in [0, 0.05) is 17.9 Å². The van der Waals surface area contributed by atoms with Gasteiger partial charge in [-0.1, -0.05) is 0 Å². The molecule has 0 aliphatic heterocycles. The van der Waals surface area contributed by atoms with Gasteiger partial charge in [0.25, 0.3) is 0 Å². The highest BCUT2D eigenvalue weighted by Crippen LogP contribution is 2.58. The van der Waals surface area contributed by atoms with E-state index in [1.54, 1.807) is 46.0 Å². The molecule has 2 aromatic heterocycles. The molecule has 6 aromatic rings. The molecule has 0 saturated heterocycles. The maximum absolute atomic E-state index is 13.9. The Labute approximate surface area is 369 Å². The first kappa shape index (κ1) is 44.4. The molecule has 0 spiro atoms. The van der Waals surface area contributed by atoms with Crippen molar-refractivity contribution >= 4 is 21.8 Å². The van der Waals surface area contributed by atoms with Crippen LogP contribution in [0.15, 0.2) is 85.2 Å². The molecule has 65 heavy (non-hydrogen) atoms. The molecule has 10 rings (SSSR count). The van der Waals surface area contributed by atoms with E-state index in [9.17, 15) is 50.8 Å². The number of hydrogen-bond acceptors (Lipinski definition) is 6. The Morgan fingerprint density at radius 1 is 0.646 bits per heavy atom. The van der Waals surface area contributed by atoms with E-state index in [0.29, 0.717) is 49.9 Å². The maximum atomic E-state index is 13.9. The minimum absolute atomic E-state index is 0.0468. The van der Waals surface area contributed by atoms with E-state index in [-0.39, 0.29) is 37.3 Å². The molecule has 1 N–H and O–H groups in total. The summed E-state index contributed by atoms with van der Waals surface area (Å²) in [4.78, 5) is 0. The monoisotopic (exact) mass is 900 g/mol. The fourth-order valence-corrected chi connectivity index (χ4v) is 11.3. The number of rotatable bonds is 3. The van der Waals surface area contributed by atoms with E-state index < -0.39 is 59.1 Å². The Bertz CT molecular complexity index is 2860. The van der Waals surface area contributed by atoms with Gasteiger partial charge in [0.05, 0.1) is 57.8 Å². The molecule has 338 valence electrons. The lowest BCUT2D eigenvalue weighted by Crippen LogP contribution is -2.55. The van der Waals surface area contributed by atoms with Gasteiger partial charge in [-0.25, -0.2) is 18.1 Å². The number of hydrogen-bond donors (Lipinski definition) is 1. The standard InChI is InChI=1S/C25H23F4N3O.C24H21F4N3O/c1-33-24(25(27,28)29)10-9-23(15-30)18(13-24)4-2-3-16-12-22-17(11-21(16)23)14-31-32(22)20-7-5-19(26)6-8-20;25-18-4-6-19(7-5-18)31-21-11-15-2-1-3-17-12-23(32,24(26,27)28)9-8-22(17,14-29)20(15)10-16(21)13-30-31/h5-8,11-12,14,18H,2-4,9-10,13H2,1H3;4-7,10-11,13,17,32H,1-3,8-9,12H2/t18-,23+,24-;17-,22+,23-/m11/s1. The van der Waals surface area contributed by atoms with Gasteiger partial charge in [-0.15, -0.1) is 0 Å². The number of fused-ring (bicyclic) bond motifs is 8. The second-order valence-electron chi connectivity index (χ2n) is 18.2. The summed E-state index contributed by atoms with van der Waals surface area (Å²) in [7, 11) is 1.12. The Hall–Kier alpha value is -5.84. The predicted octanol–water partition coefficient (Wildman–Crippen LogP) is 11.4. The summed E-state index contributed by atoms with van der Waals surface area (Å²) in [5.74, 6) is -1.73. The van der Waals surface area contributed by atoms with Gasteiger partial charge in [-0.3, -0.25) is 0 Å². The minimum atomic E-state index is -4.72. The number of aliphatic hydroxyl groups is 1. The van der Waals surface area contributed by atoms with Crippen LogP contribution < -0.4 is 0 Å². The van der Waals surface area contributed by atoms with Crippen LogP contribution in [0.1, 0.15) is 86.5 Å². The Balaban J connectivity index is 0.000000164. The molecule has 0 unspecified atom stereocenters. The molecule has 0 amide bonds. The molecule has 2 saturated carbocycles. The number of ether oxygens (including phenoxy) is 1. The van der Waals surface area contributed by atoms with Crippen molar-refractivity contribution in [3.63, 3.8) is 0 Å². The summed E-state index contributed by atoms with van der Waals surface area (Å²) in [5.41, 5.74) is -0.565. The highest BCUT2D eigenvalue weighted by molar-refractivity contribution is 5.84. The highest BCUT2D eigenvalue weighted by Gasteiger charge is 2.63. The summed E-state index contributed by atoms with van der Waals surface area (Å²) in [5, 5.41) is 41.4. The Morgan fingerprint density at radius 2 is 1.09 bits per heavy atom. The van der Waals surface area contributed by atoms with Crippen LogP contribution in [0.4, 0.5) is 35.1 Å². The Kier molecular flexibility index (Phi) is 10.9. The molecular weight excluding hydrogens is 857 g/mol. The number of aromatic nitrogens is 4. The van der Waals surface area contributed by atoms with Crippen LogP contribution in [-0.2, 0) is 28.4 Å². The van der Waals surface area contributed by atoms with E-state index in [0.717, 1.165) is 51.2 Å². The van der Waals surface area contributed by atoms with Gasteiger partial charge < -0.3 is 9.84 Å². The number of alkyl halides is 6. The van der Waals surface area contributed by atoms with Crippen LogP contribution in [-0.4, -0.2) is 55.3 Å². The number of halogens is 8. The molecule has 4 aromatic carbocycles. The first-order valence-corrected chi connectivity index (χ1v) is 21.7.